The predicted octanol–water partition coefficient (Wildman–Crippen LogP) is 2.71. The number of aromatic nitrogens is 1. The van der Waals surface area contributed by atoms with Crippen LogP contribution in [0.25, 0.3) is 0 Å². The summed E-state index contributed by atoms with van der Waals surface area (Å²) in [7, 11) is -3.68. The lowest BCUT2D eigenvalue weighted by Crippen LogP contribution is -2.12. The highest BCUT2D eigenvalue weighted by molar-refractivity contribution is 7.93. The minimum absolute atomic E-state index is 0.0651. The van der Waals surface area contributed by atoms with E-state index < -0.39 is 15.4 Å². The summed E-state index contributed by atoms with van der Waals surface area (Å²) >= 11 is 6.33. The molecule has 0 bridgehead atoms. The topological polar surface area (TPSA) is 88.2 Å². The lowest BCUT2D eigenvalue weighted by Gasteiger charge is -2.06. The van der Waals surface area contributed by atoms with Crippen LogP contribution in [-0.2, 0) is 10.0 Å². The summed E-state index contributed by atoms with van der Waals surface area (Å²) in [5.41, 5.74) is 0.410. The standard InChI is InChI=1S/C10H8ClN3O3S2/c11-9(15)13-7-1-3-8(4-2-7)19(16,17)14-10-12-5-6-18-10/h1-6H,(H,12,14)(H,13,15). The Hall–Kier alpha value is -1.64. The van der Waals surface area contributed by atoms with Crippen molar-refractivity contribution in [3.8, 4) is 0 Å². The number of rotatable bonds is 4. The van der Waals surface area contributed by atoms with Crippen LogP contribution in [0, 0.1) is 0 Å². The summed E-state index contributed by atoms with van der Waals surface area (Å²) < 4.78 is 26.3. The van der Waals surface area contributed by atoms with Crippen LogP contribution in [0.5, 0.6) is 0 Å². The third kappa shape index (κ3) is 3.66. The van der Waals surface area contributed by atoms with Crippen LogP contribution >= 0.6 is 22.9 Å². The molecule has 1 aromatic carbocycles. The fourth-order valence-electron chi connectivity index (χ4n) is 1.28. The molecule has 2 rings (SSSR count). The van der Waals surface area contributed by atoms with Gasteiger partial charge in [0.05, 0.1) is 4.90 Å². The maximum Gasteiger partial charge on any atom is 0.318 e. The van der Waals surface area contributed by atoms with E-state index in [0.29, 0.717) is 5.69 Å². The highest BCUT2D eigenvalue weighted by Crippen LogP contribution is 2.19. The summed E-state index contributed by atoms with van der Waals surface area (Å²) in [6.45, 7) is 0. The molecule has 0 saturated carbocycles. The lowest BCUT2D eigenvalue weighted by atomic mass is 10.3. The number of carbonyl (C=O) groups is 1. The van der Waals surface area contributed by atoms with Gasteiger partial charge in [-0.25, -0.2) is 13.4 Å². The van der Waals surface area contributed by atoms with Crippen molar-refractivity contribution in [2.45, 2.75) is 4.90 Å². The molecular formula is C10H8ClN3O3S2. The molecule has 0 radical (unpaired) electrons. The molecule has 0 aliphatic heterocycles. The van der Waals surface area contributed by atoms with Crippen LogP contribution in [0.3, 0.4) is 0 Å². The maximum atomic E-state index is 12.0. The van der Waals surface area contributed by atoms with Crippen molar-refractivity contribution < 1.29 is 13.2 Å². The second-order valence-corrected chi connectivity index (χ2v) is 6.29. The maximum absolute atomic E-state index is 12.0. The van der Waals surface area contributed by atoms with Crippen molar-refractivity contribution in [1.29, 1.82) is 0 Å². The van der Waals surface area contributed by atoms with Crippen molar-refractivity contribution in [3.05, 3.63) is 35.8 Å². The van der Waals surface area contributed by atoms with Gasteiger partial charge >= 0.3 is 5.37 Å². The number of carbonyl (C=O) groups excluding carboxylic acids is 1. The summed E-state index contributed by atoms with van der Waals surface area (Å²) in [5, 5.41) is 3.54. The number of thiazole rings is 1. The predicted molar refractivity (Wildman–Crippen MR) is 74.2 cm³/mol. The van der Waals surface area contributed by atoms with Gasteiger partial charge in [0.1, 0.15) is 0 Å². The number of amides is 1. The van der Waals surface area contributed by atoms with Crippen LogP contribution in [0.2, 0.25) is 0 Å². The van der Waals surface area contributed by atoms with Gasteiger partial charge in [-0.05, 0) is 35.9 Å². The van der Waals surface area contributed by atoms with Gasteiger partial charge in [0.15, 0.2) is 5.13 Å². The van der Waals surface area contributed by atoms with Gasteiger partial charge in [-0.15, -0.1) is 11.3 Å². The van der Waals surface area contributed by atoms with Gasteiger partial charge in [-0.2, -0.15) is 0 Å². The summed E-state index contributed by atoms with van der Waals surface area (Å²) in [5.74, 6) is 0. The number of sulfonamides is 1. The summed E-state index contributed by atoms with van der Waals surface area (Å²) in [6, 6.07) is 5.60. The van der Waals surface area contributed by atoms with E-state index in [1.54, 1.807) is 5.38 Å². The highest BCUT2D eigenvalue weighted by Gasteiger charge is 2.15. The first-order chi connectivity index (χ1) is 8.97. The van der Waals surface area contributed by atoms with Crippen LogP contribution in [0.4, 0.5) is 15.6 Å². The molecule has 1 heterocycles. The molecular weight excluding hydrogens is 310 g/mol. The molecule has 0 unspecified atom stereocenters. The van der Waals surface area contributed by atoms with Crippen molar-refractivity contribution in [1.82, 2.24) is 4.98 Å². The molecule has 19 heavy (non-hydrogen) atoms. The third-order valence-electron chi connectivity index (χ3n) is 2.06. The molecule has 0 atom stereocenters. The van der Waals surface area contributed by atoms with E-state index in [0.717, 1.165) is 0 Å². The quantitative estimate of drug-likeness (QED) is 0.670. The van der Waals surface area contributed by atoms with E-state index in [1.807, 2.05) is 0 Å². The van der Waals surface area contributed by atoms with Gasteiger partial charge in [0.25, 0.3) is 10.0 Å². The van der Waals surface area contributed by atoms with Crippen LogP contribution < -0.4 is 10.0 Å². The molecule has 9 heteroatoms. The van der Waals surface area contributed by atoms with Crippen LogP contribution in [0.1, 0.15) is 0 Å². The Kier molecular flexibility index (Phi) is 4.03. The molecule has 2 N–H and O–H groups in total. The van der Waals surface area contributed by atoms with Gasteiger partial charge < -0.3 is 5.32 Å². The monoisotopic (exact) mass is 317 g/mol. The fourth-order valence-corrected chi connectivity index (χ4v) is 3.18. The average molecular weight is 318 g/mol. The molecule has 0 fully saturated rings. The number of anilines is 2. The minimum atomic E-state index is -3.68. The Labute approximate surface area is 118 Å². The molecule has 6 nitrogen and oxygen atoms in total. The van der Waals surface area contributed by atoms with Gasteiger partial charge in [-0.1, -0.05) is 0 Å². The first kappa shape index (κ1) is 13.8. The fraction of sp³-hybridized carbons (Fsp3) is 0. The normalized spacial score (nSPS) is 11.0. The number of hydrogen-bond acceptors (Lipinski definition) is 5. The van der Waals surface area contributed by atoms with E-state index in [9.17, 15) is 13.2 Å². The second kappa shape index (κ2) is 5.55. The minimum Gasteiger partial charge on any atom is -0.312 e. The molecule has 0 spiro atoms. The molecule has 0 aliphatic rings. The molecule has 1 amide bonds. The Morgan fingerprint density at radius 1 is 1.26 bits per heavy atom. The zero-order valence-corrected chi connectivity index (χ0v) is 11.7. The SMILES string of the molecule is O=C(Cl)Nc1ccc(S(=O)(=O)Nc2nccs2)cc1. The number of halogens is 1. The number of nitrogens with zero attached hydrogens (tertiary/aromatic N) is 1. The highest BCUT2D eigenvalue weighted by atomic mass is 35.5. The Balaban J connectivity index is 2.19. The van der Waals surface area contributed by atoms with Crippen molar-refractivity contribution >= 4 is 49.1 Å². The first-order valence-corrected chi connectivity index (χ1v) is 7.70. The first-order valence-electron chi connectivity index (χ1n) is 4.96. The Morgan fingerprint density at radius 3 is 2.47 bits per heavy atom. The summed E-state index contributed by atoms with van der Waals surface area (Å²) in [6.07, 6.45) is 1.50. The smallest absolute Gasteiger partial charge is 0.312 e. The zero-order chi connectivity index (χ0) is 13.9. The van der Waals surface area contributed by atoms with E-state index in [1.165, 1.54) is 41.8 Å². The van der Waals surface area contributed by atoms with Gasteiger partial charge in [0.2, 0.25) is 0 Å². The zero-order valence-electron chi connectivity index (χ0n) is 9.33. The third-order valence-corrected chi connectivity index (χ3v) is 4.33. The van der Waals surface area contributed by atoms with Gasteiger partial charge in [-0.3, -0.25) is 9.52 Å². The van der Waals surface area contributed by atoms with Crippen LogP contribution in [-0.4, -0.2) is 18.8 Å². The average Bonchev–Trinajstić information content (AvgIpc) is 2.81. The summed E-state index contributed by atoms with van der Waals surface area (Å²) in [4.78, 5) is 14.5. The van der Waals surface area contributed by atoms with Crippen molar-refractivity contribution in [3.63, 3.8) is 0 Å². The Morgan fingerprint density at radius 2 is 1.95 bits per heavy atom. The van der Waals surface area contributed by atoms with Crippen molar-refractivity contribution in [2.75, 3.05) is 10.0 Å². The number of hydrogen-bond donors (Lipinski definition) is 2. The second-order valence-electron chi connectivity index (χ2n) is 3.37. The van der Waals surface area contributed by atoms with E-state index in [-0.39, 0.29) is 10.0 Å². The number of benzene rings is 1. The van der Waals surface area contributed by atoms with E-state index in [2.05, 4.69) is 15.0 Å². The molecule has 2 aromatic rings. The Bertz CT molecular complexity index is 669. The number of nitrogens with one attached hydrogen (secondary N) is 2. The van der Waals surface area contributed by atoms with Crippen molar-refractivity contribution in [2.24, 2.45) is 0 Å². The van der Waals surface area contributed by atoms with E-state index >= 15 is 0 Å². The largest absolute Gasteiger partial charge is 0.318 e. The molecule has 1 aromatic heterocycles. The molecule has 100 valence electrons. The van der Waals surface area contributed by atoms with Gasteiger partial charge in [0, 0.05) is 17.3 Å². The van der Waals surface area contributed by atoms with Crippen LogP contribution in [0.15, 0.2) is 40.7 Å². The van der Waals surface area contributed by atoms with E-state index in [4.69, 9.17) is 11.6 Å². The molecule has 0 aliphatic carbocycles. The molecule has 0 saturated heterocycles. The lowest BCUT2D eigenvalue weighted by molar-refractivity contribution is 0.269.